The third kappa shape index (κ3) is 11.1. The number of hydrogen-bond acceptors (Lipinski definition) is 2. The number of aliphatic imine (C=N–C) groups is 1. The van der Waals surface area contributed by atoms with Crippen LogP contribution in [0, 0.1) is 0 Å². The maximum absolute atomic E-state index is 4.66. The molecule has 0 aliphatic carbocycles. The quantitative estimate of drug-likeness (QED) is 0.388. The van der Waals surface area contributed by atoms with Crippen molar-refractivity contribution >= 4 is 5.96 Å². The van der Waals surface area contributed by atoms with Crippen LogP contribution in [-0.2, 0) is 0 Å². The van der Waals surface area contributed by atoms with Gasteiger partial charge < -0.3 is 15.5 Å². The molecule has 2 N–H and O–H groups in total. The molecule has 120 valence electrons. The van der Waals surface area contributed by atoms with Gasteiger partial charge in [-0.3, -0.25) is 4.99 Å². The Balaban J connectivity index is 4.14. The lowest BCUT2D eigenvalue weighted by molar-refractivity contribution is 0.273. The standard InChI is InChI=1S/C16H36N4/c1-7-12-20(13-8-2)14-10-11-18-15(17-9-3)19-16(4,5)6/h7-14H2,1-6H3,(H2,17,18,19). The highest BCUT2D eigenvalue weighted by Gasteiger charge is 2.11. The lowest BCUT2D eigenvalue weighted by Gasteiger charge is -2.24. The fraction of sp³-hybridized carbons (Fsp3) is 0.938. The predicted molar refractivity (Wildman–Crippen MR) is 90.5 cm³/mol. The van der Waals surface area contributed by atoms with Gasteiger partial charge in [0.2, 0.25) is 0 Å². The molecule has 0 rings (SSSR count). The van der Waals surface area contributed by atoms with Crippen molar-refractivity contribution in [2.45, 2.75) is 66.3 Å². The summed E-state index contributed by atoms with van der Waals surface area (Å²) >= 11 is 0. The Bertz CT molecular complexity index is 250. The van der Waals surface area contributed by atoms with Gasteiger partial charge >= 0.3 is 0 Å². The van der Waals surface area contributed by atoms with Crippen molar-refractivity contribution in [3.8, 4) is 0 Å². The lowest BCUT2D eigenvalue weighted by Crippen LogP contribution is -2.47. The summed E-state index contributed by atoms with van der Waals surface area (Å²) in [5.41, 5.74) is 0.0530. The molecule has 0 bridgehead atoms. The molecule has 0 aliphatic heterocycles. The first-order valence-electron chi connectivity index (χ1n) is 8.21. The summed E-state index contributed by atoms with van der Waals surface area (Å²) in [5, 5.41) is 6.72. The molecule has 0 aromatic carbocycles. The first-order chi connectivity index (χ1) is 9.42. The van der Waals surface area contributed by atoms with Crippen LogP contribution in [0.25, 0.3) is 0 Å². The van der Waals surface area contributed by atoms with Gasteiger partial charge in [0.05, 0.1) is 0 Å². The number of nitrogens with zero attached hydrogens (tertiary/aromatic N) is 2. The number of nitrogens with one attached hydrogen (secondary N) is 2. The van der Waals surface area contributed by atoms with Gasteiger partial charge in [-0.2, -0.15) is 0 Å². The second-order valence-electron chi connectivity index (χ2n) is 6.33. The van der Waals surface area contributed by atoms with Crippen molar-refractivity contribution in [1.29, 1.82) is 0 Å². The van der Waals surface area contributed by atoms with Crippen LogP contribution in [0.15, 0.2) is 4.99 Å². The van der Waals surface area contributed by atoms with E-state index >= 15 is 0 Å². The minimum atomic E-state index is 0.0530. The molecule has 20 heavy (non-hydrogen) atoms. The molecule has 0 aromatic rings. The van der Waals surface area contributed by atoms with E-state index < -0.39 is 0 Å². The van der Waals surface area contributed by atoms with Gasteiger partial charge in [-0.1, -0.05) is 13.8 Å². The highest BCUT2D eigenvalue weighted by Crippen LogP contribution is 1.99. The van der Waals surface area contributed by atoms with Crippen LogP contribution in [0.2, 0.25) is 0 Å². The highest BCUT2D eigenvalue weighted by atomic mass is 15.2. The van der Waals surface area contributed by atoms with Crippen molar-refractivity contribution in [2.75, 3.05) is 32.7 Å². The normalized spacial score (nSPS) is 12.8. The Morgan fingerprint density at radius 1 is 1.00 bits per heavy atom. The average molecular weight is 284 g/mol. The molecule has 0 unspecified atom stereocenters. The minimum absolute atomic E-state index is 0.0530. The van der Waals surface area contributed by atoms with Crippen LogP contribution in [0.3, 0.4) is 0 Å². The molecule has 0 aromatic heterocycles. The van der Waals surface area contributed by atoms with Crippen molar-refractivity contribution < 1.29 is 0 Å². The van der Waals surface area contributed by atoms with Crippen molar-refractivity contribution in [1.82, 2.24) is 15.5 Å². The molecule has 4 heteroatoms. The number of hydrogen-bond donors (Lipinski definition) is 2. The maximum Gasteiger partial charge on any atom is 0.191 e. The fourth-order valence-corrected chi connectivity index (χ4v) is 2.12. The summed E-state index contributed by atoms with van der Waals surface area (Å²) in [6, 6.07) is 0. The van der Waals surface area contributed by atoms with Gasteiger partial charge in [-0.25, -0.2) is 0 Å². The van der Waals surface area contributed by atoms with Crippen molar-refractivity contribution in [2.24, 2.45) is 4.99 Å². The second kappa shape index (κ2) is 11.0. The van der Waals surface area contributed by atoms with Crippen molar-refractivity contribution in [3.05, 3.63) is 0 Å². The van der Waals surface area contributed by atoms with Crippen LogP contribution in [0.5, 0.6) is 0 Å². The second-order valence-corrected chi connectivity index (χ2v) is 6.33. The van der Waals surface area contributed by atoms with Gasteiger partial charge in [0, 0.05) is 18.6 Å². The maximum atomic E-state index is 4.66. The lowest BCUT2D eigenvalue weighted by atomic mass is 10.1. The summed E-state index contributed by atoms with van der Waals surface area (Å²) in [6.07, 6.45) is 3.59. The van der Waals surface area contributed by atoms with E-state index in [4.69, 9.17) is 0 Å². The number of guanidine groups is 1. The van der Waals surface area contributed by atoms with Crippen LogP contribution in [0.4, 0.5) is 0 Å². The first-order valence-corrected chi connectivity index (χ1v) is 8.21. The highest BCUT2D eigenvalue weighted by molar-refractivity contribution is 5.80. The van der Waals surface area contributed by atoms with E-state index in [0.717, 1.165) is 32.0 Å². The van der Waals surface area contributed by atoms with Crippen molar-refractivity contribution in [3.63, 3.8) is 0 Å². The minimum Gasteiger partial charge on any atom is -0.357 e. The Morgan fingerprint density at radius 3 is 2.05 bits per heavy atom. The largest absolute Gasteiger partial charge is 0.357 e. The van der Waals surface area contributed by atoms with Gasteiger partial charge in [-0.05, 0) is 66.6 Å². The molecule has 4 nitrogen and oxygen atoms in total. The Labute approximate surface area is 126 Å². The topological polar surface area (TPSA) is 39.7 Å². The van der Waals surface area contributed by atoms with E-state index in [1.807, 2.05) is 0 Å². The molecule has 0 amide bonds. The Hall–Kier alpha value is -0.770. The number of rotatable bonds is 9. The van der Waals surface area contributed by atoms with Crippen LogP contribution >= 0.6 is 0 Å². The van der Waals surface area contributed by atoms with Crippen LogP contribution in [0.1, 0.15) is 60.8 Å². The summed E-state index contributed by atoms with van der Waals surface area (Å²) in [6.45, 7) is 18.4. The SMILES string of the molecule is CCCN(CCC)CCCN=C(NCC)NC(C)(C)C. The zero-order chi connectivity index (χ0) is 15.4. The summed E-state index contributed by atoms with van der Waals surface area (Å²) in [5.74, 6) is 0.928. The molecule has 0 fully saturated rings. The molecule has 0 atom stereocenters. The Morgan fingerprint density at radius 2 is 1.60 bits per heavy atom. The van der Waals surface area contributed by atoms with Gasteiger partial charge in [0.15, 0.2) is 5.96 Å². The average Bonchev–Trinajstić information content (AvgIpc) is 2.33. The molecular formula is C16H36N4. The zero-order valence-corrected chi connectivity index (χ0v) is 14.6. The monoisotopic (exact) mass is 284 g/mol. The first kappa shape index (κ1) is 19.2. The van der Waals surface area contributed by atoms with Crippen LogP contribution in [-0.4, -0.2) is 49.1 Å². The molecule has 0 heterocycles. The molecule has 0 saturated carbocycles. The molecular weight excluding hydrogens is 248 g/mol. The van der Waals surface area contributed by atoms with Gasteiger partial charge in [-0.15, -0.1) is 0 Å². The zero-order valence-electron chi connectivity index (χ0n) is 14.6. The van der Waals surface area contributed by atoms with Gasteiger partial charge in [0.25, 0.3) is 0 Å². The fourth-order valence-electron chi connectivity index (χ4n) is 2.12. The molecule has 0 radical (unpaired) electrons. The van der Waals surface area contributed by atoms with E-state index in [2.05, 4.69) is 62.1 Å². The summed E-state index contributed by atoms with van der Waals surface area (Å²) in [4.78, 5) is 7.20. The Kier molecular flexibility index (Phi) is 10.5. The predicted octanol–water partition coefficient (Wildman–Crippen LogP) is 2.85. The molecule has 0 spiro atoms. The third-order valence-corrected chi connectivity index (χ3v) is 2.82. The van der Waals surface area contributed by atoms with E-state index in [1.165, 1.54) is 25.9 Å². The molecule has 0 saturated heterocycles. The molecule has 0 aliphatic rings. The smallest absolute Gasteiger partial charge is 0.191 e. The van der Waals surface area contributed by atoms with E-state index in [1.54, 1.807) is 0 Å². The van der Waals surface area contributed by atoms with Gasteiger partial charge in [0.1, 0.15) is 0 Å². The van der Waals surface area contributed by atoms with E-state index in [0.29, 0.717) is 0 Å². The third-order valence-electron chi connectivity index (χ3n) is 2.82. The van der Waals surface area contributed by atoms with Crippen LogP contribution < -0.4 is 10.6 Å². The summed E-state index contributed by atoms with van der Waals surface area (Å²) < 4.78 is 0. The van der Waals surface area contributed by atoms with E-state index in [9.17, 15) is 0 Å². The summed E-state index contributed by atoms with van der Waals surface area (Å²) in [7, 11) is 0. The van der Waals surface area contributed by atoms with E-state index in [-0.39, 0.29) is 5.54 Å².